The molecule has 1 amide bonds. The van der Waals surface area contributed by atoms with Crippen molar-refractivity contribution in [1.82, 2.24) is 4.31 Å². The molecule has 5 nitrogen and oxygen atoms in total. The monoisotopic (exact) mass is 462 g/mol. The number of carbonyl (C=O) groups excluding carboxylic acids is 1. The number of anilines is 1. The first-order valence-corrected chi connectivity index (χ1v) is 11.4. The molecular weight excluding hydrogens is 440 g/mol. The average Bonchev–Trinajstić information content (AvgIpc) is 2.69. The summed E-state index contributed by atoms with van der Waals surface area (Å²) in [6.45, 7) is 2.67. The second-order valence-electron chi connectivity index (χ2n) is 6.90. The molecule has 1 N–H and O–H groups in total. The van der Waals surface area contributed by atoms with Gasteiger partial charge in [0.2, 0.25) is 15.9 Å². The maximum atomic E-state index is 12.6. The maximum absolute atomic E-state index is 12.6. The van der Waals surface area contributed by atoms with E-state index < -0.39 is 10.0 Å². The van der Waals surface area contributed by atoms with Crippen molar-refractivity contribution in [3.8, 4) is 0 Å². The van der Waals surface area contributed by atoms with Crippen molar-refractivity contribution < 1.29 is 13.2 Å². The van der Waals surface area contributed by atoms with E-state index >= 15 is 0 Å². The van der Waals surface area contributed by atoms with E-state index in [0.717, 1.165) is 21.3 Å². The van der Waals surface area contributed by atoms with E-state index in [2.05, 4.69) is 21.2 Å². The highest BCUT2D eigenvalue weighted by Gasteiger charge is 2.30. The highest BCUT2D eigenvalue weighted by molar-refractivity contribution is 9.10. The predicted molar refractivity (Wildman–Crippen MR) is 116 cm³/mol. The van der Waals surface area contributed by atoms with Crippen LogP contribution in [0.5, 0.6) is 0 Å². The SMILES string of the molecule is Cc1ccc(NC(=O)C2CCN(S(=O)(=O)/C=C/c3ccccc3)CC2)c(Br)c1. The Morgan fingerprint density at radius 2 is 1.82 bits per heavy atom. The van der Waals surface area contributed by atoms with Gasteiger partial charge in [-0.1, -0.05) is 36.4 Å². The highest BCUT2D eigenvalue weighted by Crippen LogP contribution is 2.26. The quantitative estimate of drug-likeness (QED) is 0.715. The summed E-state index contributed by atoms with van der Waals surface area (Å²) in [6, 6.07) is 15.1. The molecule has 2 aromatic carbocycles. The minimum Gasteiger partial charge on any atom is -0.325 e. The average molecular weight is 463 g/mol. The largest absolute Gasteiger partial charge is 0.325 e. The molecule has 0 unspecified atom stereocenters. The Kier molecular flexibility index (Phi) is 6.69. The molecule has 3 rings (SSSR count). The zero-order valence-corrected chi connectivity index (χ0v) is 18.0. The van der Waals surface area contributed by atoms with Gasteiger partial charge in [0.05, 0.1) is 5.69 Å². The summed E-state index contributed by atoms with van der Waals surface area (Å²) in [5.41, 5.74) is 2.67. The van der Waals surface area contributed by atoms with Crippen molar-refractivity contribution >= 4 is 43.6 Å². The van der Waals surface area contributed by atoms with Crippen LogP contribution in [-0.2, 0) is 14.8 Å². The van der Waals surface area contributed by atoms with Crippen molar-refractivity contribution in [1.29, 1.82) is 0 Å². The van der Waals surface area contributed by atoms with Crippen LogP contribution in [0.15, 0.2) is 58.4 Å². The number of nitrogens with zero attached hydrogens (tertiary/aromatic N) is 1. The van der Waals surface area contributed by atoms with E-state index in [0.29, 0.717) is 25.9 Å². The minimum atomic E-state index is -3.49. The van der Waals surface area contributed by atoms with Crippen molar-refractivity contribution in [3.05, 3.63) is 69.5 Å². The van der Waals surface area contributed by atoms with Crippen LogP contribution in [0, 0.1) is 12.8 Å². The first kappa shape index (κ1) is 20.8. The fourth-order valence-electron chi connectivity index (χ4n) is 3.14. The van der Waals surface area contributed by atoms with E-state index in [1.54, 1.807) is 6.08 Å². The Balaban J connectivity index is 1.57. The number of carbonyl (C=O) groups is 1. The Hall–Kier alpha value is -1.96. The van der Waals surface area contributed by atoms with Crippen LogP contribution in [-0.4, -0.2) is 31.7 Å². The zero-order chi connectivity index (χ0) is 20.1. The summed E-state index contributed by atoms with van der Waals surface area (Å²) in [5.74, 6) is -0.265. The molecule has 7 heteroatoms. The Bertz CT molecular complexity index is 966. The number of hydrogen-bond acceptors (Lipinski definition) is 3. The molecule has 0 radical (unpaired) electrons. The van der Waals surface area contributed by atoms with Crippen LogP contribution in [0.1, 0.15) is 24.0 Å². The zero-order valence-electron chi connectivity index (χ0n) is 15.6. The fourth-order valence-corrected chi connectivity index (χ4v) is 4.96. The van der Waals surface area contributed by atoms with Gasteiger partial charge in [-0.3, -0.25) is 4.79 Å². The van der Waals surface area contributed by atoms with Gasteiger partial charge in [-0.15, -0.1) is 0 Å². The number of halogens is 1. The molecule has 2 aromatic rings. The first-order chi connectivity index (χ1) is 13.3. The van der Waals surface area contributed by atoms with Crippen LogP contribution in [0.3, 0.4) is 0 Å². The predicted octanol–water partition coefficient (Wildman–Crippen LogP) is 4.41. The number of piperidine rings is 1. The normalized spacial score (nSPS) is 16.4. The number of benzene rings is 2. The summed E-state index contributed by atoms with van der Waals surface area (Å²) in [5, 5.41) is 4.18. The molecule has 1 aliphatic heterocycles. The van der Waals surface area contributed by atoms with Gasteiger partial charge in [-0.25, -0.2) is 8.42 Å². The topological polar surface area (TPSA) is 66.5 Å². The van der Waals surface area contributed by atoms with Gasteiger partial charge < -0.3 is 5.32 Å². The third-order valence-electron chi connectivity index (χ3n) is 4.80. The molecule has 1 fully saturated rings. The second kappa shape index (κ2) is 9.03. The standard InChI is InChI=1S/C21H23BrN2O3S/c1-16-7-8-20(19(22)15-16)23-21(25)18-9-12-24(13-10-18)28(26,27)14-11-17-5-3-2-4-6-17/h2-8,11,14-15,18H,9-10,12-13H2,1H3,(H,23,25)/b14-11+. The molecule has 1 aliphatic rings. The third kappa shape index (κ3) is 5.31. The minimum absolute atomic E-state index is 0.0681. The Morgan fingerprint density at radius 3 is 2.46 bits per heavy atom. The van der Waals surface area contributed by atoms with Crippen molar-refractivity contribution in [3.63, 3.8) is 0 Å². The Labute approximate surface area is 174 Å². The van der Waals surface area contributed by atoms with E-state index in [1.807, 2.05) is 55.5 Å². The smallest absolute Gasteiger partial charge is 0.236 e. The van der Waals surface area contributed by atoms with Gasteiger partial charge in [0, 0.05) is 28.9 Å². The van der Waals surface area contributed by atoms with Crippen LogP contribution < -0.4 is 5.32 Å². The summed E-state index contributed by atoms with van der Waals surface area (Å²) in [7, 11) is -3.49. The van der Waals surface area contributed by atoms with Gasteiger partial charge in [0.25, 0.3) is 0 Å². The van der Waals surface area contributed by atoms with E-state index in [-0.39, 0.29) is 11.8 Å². The van der Waals surface area contributed by atoms with E-state index in [1.165, 1.54) is 9.71 Å². The first-order valence-electron chi connectivity index (χ1n) is 9.15. The lowest BCUT2D eigenvalue weighted by Crippen LogP contribution is -2.40. The third-order valence-corrected chi connectivity index (χ3v) is 7.02. The molecule has 0 spiro atoms. The van der Waals surface area contributed by atoms with Gasteiger partial charge in [-0.2, -0.15) is 4.31 Å². The van der Waals surface area contributed by atoms with Gasteiger partial charge in [0.15, 0.2) is 0 Å². The van der Waals surface area contributed by atoms with Gasteiger partial charge >= 0.3 is 0 Å². The molecule has 148 valence electrons. The molecule has 1 heterocycles. The fraction of sp³-hybridized carbons (Fsp3) is 0.286. The molecule has 0 atom stereocenters. The highest BCUT2D eigenvalue weighted by atomic mass is 79.9. The number of rotatable bonds is 5. The van der Waals surface area contributed by atoms with Gasteiger partial charge in [-0.05, 0) is 65.0 Å². The van der Waals surface area contributed by atoms with Crippen molar-refractivity contribution in [2.24, 2.45) is 5.92 Å². The lowest BCUT2D eigenvalue weighted by molar-refractivity contribution is -0.120. The number of amides is 1. The molecule has 0 aromatic heterocycles. The van der Waals surface area contributed by atoms with Crippen molar-refractivity contribution in [2.45, 2.75) is 19.8 Å². The number of nitrogens with one attached hydrogen (secondary N) is 1. The number of aryl methyl sites for hydroxylation is 1. The maximum Gasteiger partial charge on any atom is 0.236 e. The van der Waals surface area contributed by atoms with E-state index in [9.17, 15) is 13.2 Å². The second-order valence-corrected chi connectivity index (χ2v) is 9.58. The molecule has 0 bridgehead atoms. The molecule has 1 saturated heterocycles. The summed E-state index contributed by atoms with van der Waals surface area (Å²) >= 11 is 3.46. The summed E-state index contributed by atoms with van der Waals surface area (Å²) in [4.78, 5) is 12.6. The molecular formula is C21H23BrN2O3S. The lowest BCUT2D eigenvalue weighted by Gasteiger charge is -2.29. The number of hydrogen-bond donors (Lipinski definition) is 1. The van der Waals surface area contributed by atoms with Crippen LogP contribution in [0.2, 0.25) is 0 Å². The Morgan fingerprint density at radius 1 is 1.14 bits per heavy atom. The molecule has 28 heavy (non-hydrogen) atoms. The van der Waals surface area contributed by atoms with Crippen LogP contribution >= 0.6 is 15.9 Å². The number of sulfonamides is 1. The summed E-state index contributed by atoms with van der Waals surface area (Å²) < 4.78 is 27.4. The van der Waals surface area contributed by atoms with Crippen molar-refractivity contribution in [2.75, 3.05) is 18.4 Å². The molecule has 0 aliphatic carbocycles. The lowest BCUT2D eigenvalue weighted by atomic mass is 9.97. The van der Waals surface area contributed by atoms with Crippen LogP contribution in [0.4, 0.5) is 5.69 Å². The molecule has 0 saturated carbocycles. The summed E-state index contributed by atoms with van der Waals surface area (Å²) in [6.07, 6.45) is 2.62. The van der Waals surface area contributed by atoms with Gasteiger partial charge in [0.1, 0.15) is 0 Å². The van der Waals surface area contributed by atoms with E-state index in [4.69, 9.17) is 0 Å². The van der Waals surface area contributed by atoms with Crippen LogP contribution in [0.25, 0.3) is 6.08 Å².